The highest BCUT2D eigenvalue weighted by atomic mass is 19.4. The first-order valence-electron chi connectivity index (χ1n) is 8.91. The lowest BCUT2D eigenvalue weighted by molar-refractivity contribution is -0.326. The number of carbonyl (C=O) groups excluding carboxylic acids is 2. The van der Waals surface area contributed by atoms with E-state index in [-0.39, 0.29) is 17.8 Å². The van der Waals surface area contributed by atoms with Crippen LogP contribution in [0.3, 0.4) is 0 Å². The van der Waals surface area contributed by atoms with E-state index in [2.05, 4.69) is 15.0 Å². The molecule has 0 aliphatic carbocycles. The van der Waals surface area contributed by atoms with Crippen molar-refractivity contribution < 1.29 is 40.7 Å². The van der Waals surface area contributed by atoms with Gasteiger partial charge in [-0.2, -0.15) is 0 Å². The largest absolute Gasteiger partial charge is 0.522 e. The fourth-order valence-corrected chi connectivity index (χ4v) is 3.13. The minimum absolute atomic E-state index is 0.144. The number of alkyl halides is 3. The molecule has 1 unspecified atom stereocenters. The van der Waals surface area contributed by atoms with Gasteiger partial charge in [-0.05, 0) is 25.0 Å². The molecule has 1 N–H and O–H groups in total. The maximum Gasteiger partial charge on any atom is 0.522 e. The summed E-state index contributed by atoms with van der Waals surface area (Å²) in [6, 6.07) is 2.56. The lowest BCUT2D eigenvalue weighted by atomic mass is 9.92. The molecule has 2 amide bonds. The van der Waals surface area contributed by atoms with Crippen molar-refractivity contribution in [3.05, 3.63) is 53.5 Å². The molecule has 1 aromatic heterocycles. The van der Waals surface area contributed by atoms with Crippen molar-refractivity contribution in [2.45, 2.75) is 25.7 Å². The van der Waals surface area contributed by atoms with Gasteiger partial charge in [0.25, 0.3) is 0 Å². The van der Waals surface area contributed by atoms with Crippen LogP contribution in [0.2, 0.25) is 0 Å². The molecule has 3 rings (SSSR count). The van der Waals surface area contributed by atoms with Gasteiger partial charge in [-0.1, -0.05) is 6.07 Å². The van der Waals surface area contributed by atoms with E-state index in [1.165, 1.54) is 25.3 Å². The topological polar surface area (TPSA) is 71.5 Å². The maximum atomic E-state index is 14.4. The SMILES string of the molecule is C[C@@H](COC(F)(F)F)NC(=O)C1Cc2cccnc2N(c2c(F)cc(F)cc2F)C1=O. The Morgan fingerprint density at radius 2 is 1.94 bits per heavy atom. The fourth-order valence-electron chi connectivity index (χ4n) is 3.13. The molecule has 0 spiro atoms. The molecule has 0 fully saturated rings. The minimum atomic E-state index is -4.90. The van der Waals surface area contributed by atoms with Crippen LogP contribution < -0.4 is 10.2 Å². The lowest BCUT2D eigenvalue weighted by Gasteiger charge is -2.33. The lowest BCUT2D eigenvalue weighted by Crippen LogP contribution is -2.49. The smallest absolute Gasteiger partial charge is 0.351 e. The highest BCUT2D eigenvalue weighted by Gasteiger charge is 2.41. The Balaban J connectivity index is 1.92. The normalized spacial score (nSPS) is 17.3. The van der Waals surface area contributed by atoms with Crippen LogP contribution in [0.4, 0.5) is 37.8 Å². The molecule has 166 valence electrons. The summed E-state index contributed by atoms with van der Waals surface area (Å²) < 4.78 is 82.3. The number of amides is 2. The van der Waals surface area contributed by atoms with Crippen LogP contribution in [-0.2, 0) is 20.7 Å². The summed E-state index contributed by atoms with van der Waals surface area (Å²) in [6.45, 7) is 0.322. The van der Waals surface area contributed by atoms with Gasteiger partial charge in [0, 0.05) is 24.4 Å². The van der Waals surface area contributed by atoms with Gasteiger partial charge in [-0.25, -0.2) is 18.2 Å². The second-order valence-electron chi connectivity index (χ2n) is 6.80. The Hall–Kier alpha value is -3.15. The number of hydrogen-bond donors (Lipinski definition) is 1. The van der Waals surface area contributed by atoms with Gasteiger partial charge in [0.1, 0.15) is 23.2 Å². The number of carbonyl (C=O) groups is 2. The number of ether oxygens (including phenoxy) is 1. The number of nitrogens with one attached hydrogen (secondary N) is 1. The number of anilines is 2. The van der Waals surface area contributed by atoms with Gasteiger partial charge < -0.3 is 5.32 Å². The van der Waals surface area contributed by atoms with Gasteiger partial charge >= 0.3 is 6.36 Å². The predicted molar refractivity (Wildman–Crippen MR) is 94.5 cm³/mol. The highest BCUT2D eigenvalue weighted by molar-refractivity contribution is 6.13. The predicted octanol–water partition coefficient (Wildman–Crippen LogP) is 3.38. The maximum absolute atomic E-state index is 14.4. The molecule has 0 radical (unpaired) electrons. The summed E-state index contributed by atoms with van der Waals surface area (Å²) >= 11 is 0. The molecule has 6 nitrogen and oxygen atoms in total. The third-order valence-electron chi connectivity index (χ3n) is 4.43. The number of rotatable bonds is 5. The van der Waals surface area contributed by atoms with Crippen LogP contribution in [0.1, 0.15) is 12.5 Å². The minimum Gasteiger partial charge on any atom is -0.351 e. The Morgan fingerprint density at radius 1 is 1.29 bits per heavy atom. The average molecular weight is 447 g/mol. The van der Waals surface area contributed by atoms with Crippen molar-refractivity contribution in [2.75, 3.05) is 11.5 Å². The quantitative estimate of drug-likeness (QED) is 0.564. The molecular formula is C19H15F6N3O3. The molecule has 0 bridgehead atoms. The molecular weight excluding hydrogens is 432 g/mol. The number of halogens is 6. The van der Waals surface area contributed by atoms with E-state index in [0.29, 0.717) is 17.0 Å². The van der Waals surface area contributed by atoms with E-state index in [9.17, 15) is 35.9 Å². The zero-order valence-corrected chi connectivity index (χ0v) is 15.8. The third kappa shape index (κ3) is 4.95. The van der Waals surface area contributed by atoms with Crippen LogP contribution in [0, 0.1) is 23.4 Å². The second kappa shape index (κ2) is 8.53. The zero-order chi connectivity index (χ0) is 22.9. The number of pyridine rings is 1. The van der Waals surface area contributed by atoms with Crippen LogP contribution >= 0.6 is 0 Å². The van der Waals surface area contributed by atoms with E-state index < -0.39 is 59.9 Å². The molecule has 2 heterocycles. The van der Waals surface area contributed by atoms with Crippen molar-refractivity contribution in [1.29, 1.82) is 0 Å². The Kier molecular flexibility index (Phi) is 6.20. The third-order valence-corrected chi connectivity index (χ3v) is 4.43. The summed E-state index contributed by atoms with van der Waals surface area (Å²) in [7, 11) is 0. The number of fused-ring (bicyclic) bond motifs is 1. The van der Waals surface area contributed by atoms with E-state index in [4.69, 9.17) is 0 Å². The summed E-state index contributed by atoms with van der Waals surface area (Å²) in [5.41, 5.74) is -0.637. The van der Waals surface area contributed by atoms with Gasteiger partial charge in [0.05, 0.1) is 6.61 Å². The van der Waals surface area contributed by atoms with Crippen LogP contribution in [0.15, 0.2) is 30.5 Å². The van der Waals surface area contributed by atoms with E-state index in [1.54, 1.807) is 0 Å². The van der Waals surface area contributed by atoms with Gasteiger partial charge in [-0.15, -0.1) is 13.2 Å². The second-order valence-corrected chi connectivity index (χ2v) is 6.80. The monoisotopic (exact) mass is 447 g/mol. The number of aromatic nitrogens is 1. The highest BCUT2D eigenvalue weighted by Crippen LogP contribution is 2.37. The number of benzene rings is 1. The van der Waals surface area contributed by atoms with Gasteiger partial charge in [-0.3, -0.25) is 19.2 Å². The Labute approximate surface area is 171 Å². The Morgan fingerprint density at radius 3 is 2.55 bits per heavy atom. The first-order chi connectivity index (χ1) is 14.5. The Bertz CT molecular complexity index is 991. The van der Waals surface area contributed by atoms with Crippen molar-refractivity contribution in [1.82, 2.24) is 10.3 Å². The first kappa shape index (κ1) is 22.5. The first-order valence-corrected chi connectivity index (χ1v) is 8.91. The van der Waals surface area contributed by atoms with Gasteiger partial charge in [0.15, 0.2) is 11.6 Å². The van der Waals surface area contributed by atoms with Crippen molar-refractivity contribution in [3.8, 4) is 0 Å². The summed E-state index contributed by atoms with van der Waals surface area (Å²) in [6.07, 6.45) is -3.85. The summed E-state index contributed by atoms with van der Waals surface area (Å²) in [4.78, 5) is 30.1. The van der Waals surface area contributed by atoms with Crippen molar-refractivity contribution in [3.63, 3.8) is 0 Å². The standard InChI is InChI=1S/C19H15F6N3O3/c1-9(8-31-19(23,24)25)27-17(29)12-5-10-3-2-4-26-16(10)28(18(12)30)15-13(21)6-11(20)7-14(15)22/h2-4,6-7,9,12H,5,8H2,1H3,(H,27,29)/t9-,12?/m0/s1. The molecule has 31 heavy (non-hydrogen) atoms. The average Bonchev–Trinajstić information content (AvgIpc) is 2.66. The molecule has 1 aliphatic heterocycles. The van der Waals surface area contributed by atoms with Crippen LogP contribution in [-0.4, -0.2) is 35.8 Å². The van der Waals surface area contributed by atoms with E-state index in [1.807, 2.05) is 0 Å². The molecule has 12 heteroatoms. The van der Waals surface area contributed by atoms with Crippen molar-refractivity contribution in [2.24, 2.45) is 5.92 Å². The molecule has 1 aromatic carbocycles. The molecule has 2 atom stereocenters. The molecule has 2 aromatic rings. The van der Waals surface area contributed by atoms with Crippen molar-refractivity contribution >= 4 is 23.3 Å². The number of nitrogens with zero attached hydrogens (tertiary/aromatic N) is 2. The van der Waals surface area contributed by atoms with Crippen LogP contribution in [0.25, 0.3) is 0 Å². The molecule has 0 saturated carbocycles. The summed E-state index contributed by atoms with van der Waals surface area (Å²) in [5.74, 6) is -7.70. The molecule has 1 aliphatic rings. The zero-order valence-electron chi connectivity index (χ0n) is 15.8. The van der Waals surface area contributed by atoms with E-state index in [0.717, 1.165) is 0 Å². The number of hydrogen-bond acceptors (Lipinski definition) is 4. The summed E-state index contributed by atoms with van der Waals surface area (Å²) in [5, 5.41) is 2.21. The fraction of sp³-hybridized carbons (Fsp3) is 0.316. The van der Waals surface area contributed by atoms with Gasteiger partial charge in [0.2, 0.25) is 11.8 Å². The van der Waals surface area contributed by atoms with E-state index >= 15 is 0 Å². The van der Waals surface area contributed by atoms with Crippen LogP contribution in [0.5, 0.6) is 0 Å². The molecule has 0 saturated heterocycles.